The normalized spacial score (nSPS) is 21.1. The summed E-state index contributed by atoms with van der Waals surface area (Å²) in [6.45, 7) is 2.76. The summed E-state index contributed by atoms with van der Waals surface area (Å²) in [6.07, 6.45) is 6.11. The minimum Gasteiger partial charge on any atom is -0.378 e. The molecule has 4 nitrogen and oxygen atoms in total. The van der Waals surface area contributed by atoms with Crippen LogP contribution in [0, 0.1) is 0 Å². The van der Waals surface area contributed by atoms with Crippen LogP contribution in [0.15, 0.2) is 24.5 Å². The van der Waals surface area contributed by atoms with Gasteiger partial charge in [0, 0.05) is 19.0 Å². The molecule has 4 heteroatoms. The molecule has 1 aliphatic heterocycles. The van der Waals surface area contributed by atoms with Crippen LogP contribution in [-0.2, 0) is 9.53 Å². The zero-order valence-corrected chi connectivity index (χ0v) is 10.1. The molecule has 2 atom stereocenters. The van der Waals surface area contributed by atoms with Crippen molar-refractivity contribution in [2.24, 2.45) is 0 Å². The number of nitrogens with zero attached hydrogens (tertiary/aromatic N) is 1. The summed E-state index contributed by atoms with van der Waals surface area (Å²) in [5, 5.41) is 2.98. The van der Waals surface area contributed by atoms with Gasteiger partial charge in [-0.05, 0) is 37.5 Å². The summed E-state index contributed by atoms with van der Waals surface area (Å²) in [5.74, 6) is 0.0567. The van der Waals surface area contributed by atoms with Gasteiger partial charge in [0.1, 0.15) is 0 Å². The maximum Gasteiger partial charge on any atom is 0.223 e. The largest absolute Gasteiger partial charge is 0.378 e. The number of rotatable bonds is 4. The van der Waals surface area contributed by atoms with Gasteiger partial charge < -0.3 is 10.1 Å². The van der Waals surface area contributed by atoms with E-state index in [1.807, 2.05) is 19.1 Å². The number of amides is 1. The molecular weight excluding hydrogens is 216 g/mol. The minimum absolute atomic E-state index is 0.0203. The third-order valence-corrected chi connectivity index (χ3v) is 3.02. The van der Waals surface area contributed by atoms with Crippen LogP contribution < -0.4 is 5.32 Å². The van der Waals surface area contributed by atoms with E-state index in [4.69, 9.17) is 4.74 Å². The average molecular weight is 234 g/mol. The number of aromatic nitrogens is 1. The summed E-state index contributed by atoms with van der Waals surface area (Å²) in [4.78, 5) is 15.7. The van der Waals surface area contributed by atoms with Crippen molar-refractivity contribution >= 4 is 5.91 Å². The van der Waals surface area contributed by atoms with Gasteiger partial charge in [0.05, 0.1) is 18.6 Å². The number of nitrogens with one attached hydrogen (secondary N) is 1. The second-order valence-corrected chi connectivity index (χ2v) is 4.41. The molecule has 17 heavy (non-hydrogen) atoms. The number of carbonyl (C=O) groups is 1. The van der Waals surface area contributed by atoms with Gasteiger partial charge in [-0.15, -0.1) is 0 Å². The quantitative estimate of drug-likeness (QED) is 0.864. The fourth-order valence-corrected chi connectivity index (χ4v) is 2.05. The minimum atomic E-state index is 0.0203. The van der Waals surface area contributed by atoms with Gasteiger partial charge in [0.15, 0.2) is 0 Å². The highest BCUT2D eigenvalue weighted by molar-refractivity contribution is 5.76. The van der Waals surface area contributed by atoms with Crippen molar-refractivity contribution in [1.29, 1.82) is 0 Å². The molecule has 1 aromatic rings. The lowest BCUT2D eigenvalue weighted by molar-refractivity contribution is -0.123. The van der Waals surface area contributed by atoms with Gasteiger partial charge >= 0.3 is 0 Å². The zero-order chi connectivity index (χ0) is 12.1. The lowest BCUT2D eigenvalue weighted by atomic mass is 10.1. The first-order valence-electron chi connectivity index (χ1n) is 6.06. The predicted octanol–water partition coefficient (Wildman–Crippen LogP) is 1.83. The van der Waals surface area contributed by atoms with Crippen LogP contribution in [0.5, 0.6) is 0 Å². The number of carbonyl (C=O) groups excluding carboxylic acids is 1. The van der Waals surface area contributed by atoms with E-state index in [2.05, 4.69) is 10.3 Å². The average Bonchev–Trinajstić information content (AvgIpc) is 2.82. The lowest BCUT2D eigenvalue weighted by Gasteiger charge is -2.15. The molecule has 0 radical (unpaired) electrons. The van der Waals surface area contributed by atoms with Gasteiger partial charge in [-0.3, -0.25) is 9.78 Å². The van der Waals surface area contributed by atoms with Crippen LogP contribution >= 0.6 is 0 Å². The highest BCUT2D eigenvalue weighted by Gasteiger charge is 2.20. The Kier molecular flexibility index (Phi) is 4.09. The summed E-state index contributed by atoms with van der Waals surface area (Å²) in [5.41, 5.74) is 1.07. The van der Waals surface area contributed by atoms with Gasteiger partial charge in [0.2, 0.25) is 5.91 Å². The van der Waals surface area contributed by atoms with E-state index in [0.717, 1.165) is 25.0 Å². The van der Waals surface area contributed by atoms with Gasteiger partial charge in [-0.2, -0.15) is 0 Å². The SMILES string of the molecule is C[C@@H](NC(=O)C[C@H]1CCCO1)c1ccncc1. The first-order chi connectivity index (χ1) is 8.25. The standard InChI is InChI=1S/C13H18N2O2/c1-10(11-4-6-14-7-5-11)15-13(16)9-12-3-2-8-17-12/h4-7,10,12H,2-3,8-9H2,1H3,(H,15,16)/t10-,12-/m1/s1. The number of hydrogen-bond acceptors (Lipinski definition) is 3. The predicted molar refractivity (Wildman–Crippen MR) is 64.4 cm³/mol. The van der Waals surface area contributed by atoms with Gasteiger partial charge in [-0.1, -0.05) is 0 Å². The molecule has 1 fully saturated rings. The van der Waals surface area contributed by atoms with Crippen LogP contribution in [0.25, 0.3) is 0 Å². The Labute approximate surface area is 101 Å². The highest BCUT2D eigenvalue weighted by atomic mass is 16.5. The number of ether oxygens (including phenoxy) is 1. The lowest BCUT2D eigenvalue weighted by Crippen LogP contribution is -2.29. The van der Waals surface area contributed by atoms with E-state index in [1.54, 1.807) is 12.4 Å². The summed E-state index contributed by atoms with van der Waals surface area (Å²) < 4.78 is 5.44. The van der Waals surface area contributed by atoms with Crippen LogP contribution in [0.2, 0.25) is 0 Å². The molecule has 0 spiro atoms. The molecule has 0 bridgehead atoms. The molecule has 92 valence electrons. The Bertz CT molecular complexity index is 361. The molecule has 2 rings (SSSR count). The second-order valence-electron chi connectivity index (χ2n) is 4.41. The van der Waals surface area contributed by atoms with E-state index in [1.165, 1.54) is 0 Å². The summed E-state index contributed by atoms with van der Waals surface area (Å²) >= 11 is 0. The number of pyridine rings is 1. The Balaban J connectivity index is 1.81. The van der Waals surface area contributed by atoms with Crippen LogP contribution in [-0.4, -0.2) is 23.6 Å². The van der Waals surface area contributed by atoms with E-state index in [9.17, 15) is 4.79 Å². The molecule has 0 aromatic carbocycles. The first kappa shape index (κ1) is 12.0. The Hall–Kier alpha value is -1.42. The molecule has 1 amide bonds. The Morgan fingerprint density at radius 3 is 3.00 bits per heavy atom. The van der Waals surface area contributed by atoms with Crippen LogP contribution in [0.3, 0.4) is 0 Å². The van der Waals surface area contributed by atoms with Crippen molar-refractivity contribution in [3.05, 3.63) is 30.1 Å². The smallest absolute Gasteiger partial charge is 0.223 e. The van der Waals surface area contributed by atoms with E-state index >= 15 is 0 Å². The molecule has 2 heterocycles. The third kappa shape index (κ3) is 3.53. The van der Waals surface area contributed by atoms with Crippen LogP contribution in [0.1, 0.15) is 37.8 Å². The van der Waals surface area contributed by atoms with Crippen molar-refractivity contribution in [3.63, 3.8) is 0 Å². The molecule has 0 aliphatic carbocycles. The Morgan fingerprint density at radius 1 is 1.59 bits per heavy atom. The van der Waals surface area contributed by atoms with Crippen molar-refractivity contribution in [1.82, 2.24) is 10.3 Å². The molecule has 0 unspecified atom stereocenters. The highest BCUT2D eigenvalue weighted by Crippen LogP contribution is 2.16. The van der Waals surface area contributed by atoms with Gasteiger partial charge in [-0.25, -0.2) is 0 Å². The maximum atomic E-state index is 11.8. The Morgan fingerprint density at radius 2 is 2.35 bits per heavy atom. The topological polar surface area (TPSA) is 51.2 Å². The van der Waals surface area contributed by atoms with Crippen molar-refractivity contribution < 1.29 is 9.53 Å². The molecule has 1 aliphatic rings. The zero-order valence-electron chi connectivity index (χ0n) is 10.1. The number of hydrogen-bond donors (Lipinski definition) is 1. The molecule has 1 saturated heterocycles. The summed E-state index contributed by atoms with van der Waals surface area (Å²) in [7, 11) is 0. The molecule has 1 aromatic heterocycles. The molecular formula is C13H18N2O2. The van der Waals surface area contributed by atoms with E-state index in [-0.39, 0.29) is 18.1 Å². The van der Waals surface area contributed by atoms with Crippen molar-refractivity contribution in [3.8, 4) is 0 Å². The third-order valence-electron chi connectivity index (χ3n) is 3.02. The maximum absolute atomic E-state index is 11.8. The van der Waals surface area contributed by atoms with E-state index in [0.29, 0.717) is 6.42 Å². The summed E-state index contributed by atoms with van der Waals surface area (Å²) in [6, 6.07) is 3.85. The monoisotopic (exact) mass is 234 g/mol. The fraction of sp³-hybridized carbons (Fsp3) is 0.538. The van der Waals surface area contributed by atoms with Crippen LogP contribution in [0.4, 0.5) is 0 Å². The second kappa shape index (κ2) is 5.77. The fourth-order valence-electron chi connectivity index (χ4n) is 2.05. The van der Waals surface area contributed by atoms with Crippen molar-refractivity contribution in [2.75, 3.05) is 6.61 Å². The molecule has 1 N–H and O–H groups in total. The molecule has 0 saturated carbocycles. The first-order valence-corrected chi connectivity index (χ1v) is 6.06. The van der Waals surface area contributed by atoms with Gasteiger partial charge in [0.25, 0.3) is 0 Å². The van der Waals surface area contributed by atoms with Crippen molar-refractivity contribution in [2.45, 2.75) is 38.3 Å². The van der Waals surface area contributed by atoms with E-state index < -0.39 is 0 Å².